The average molecular weight is 344 g/mol. The minimum Gasteiger partial charge on any atom is -0.395 e. The Hall–Kier alpha value is -1.88. The van der Waals surface area contributed by atoms with Crippen molar-refractivity contribution in [3.8, 4) is 0 Å². The number of hydrogen-bond donors (Lipinski definition) is 1. The van der Waals surface area contributed by atoms with Crippen molar-refractivity contribution in [2.75, 3.05) is 26.2 Å². The van der Waals surface area contributed by atoms with E-state index in [0.29, 0.717) is 32.5 Å². The summed E-state index contributed by atoms with van der Waals surface area (Å²) in [5.41, 5.74) is 1.74. The number of benzene rings is 1. The van der Waals surface area contributed by atoms with Crippen molar-refractivity contribution in [1.29, 1.82) is 0 Å². The molecule has 1 atom stereocenters. The van der Waals surface area contributed by atoms with Gasteiger partial charge in [0.2, 0.25) is 11.8 Å². The largest absolute Gasteiger partial charge is 0.395 e. The lowest BCUT2D eigenvalue weighted by molar-refractivity contribution is -0.155. The fraction of sp³-hybridized carbons (Fsp3) is 0.600. The quantitative estimate of drug-likeness (QED) is 0.887. The van der Waals surface area contributed by atoms with Gasteiger partial charge in [0.05, 0.1) is 6.61 Å². The predicted molar refractivity (Wildman–Crippen MR) is 96.1 cm³/mol. The van der Waals surface area contributed by atoms with Gasteiger partial charge in [0.25, 0.3) is 0 Å². The molecule has 2 heterocycles. The smallest absolute Gasteiger partial charge is 0.248 e. The molecule has 0 radical (unpaired) electrons. The van der Waals surface area contributed by atoms with Crippen molar-refractivity contribution in [2.45, 2.75) is 51.0 Å². The van der Waals surface area contributed by atoms with E-state index in [9.17, 15) is 14.7 Å². The van der Waals surface area contributed by atoms with Gasteiger partial charge in [-0.15, -0.1) is 0 Å². The van der Waals surface area contributed by atoms with Gasteiger partial charge in [0.1, 0.15) is 5.54 Å². The Morgan fingerprint density at radius 1 is 1.20 bits per heavy atom. The van der Waals surface area contributed by atoms with Crippen molar-refractivity contribution in [2.24, 2.45) is 0 Å². The van der Waals surface area contributed by atoms with Crippen LogP contribution in [-0.4, -0.2) is 58.5 Å². The number of nitrogens with zero attached hydrogens (tertiary/aromatic N) is 2. The van der Waals surface area contributed by atoms with Crippen LogP contribution in [0.1, 0.15) is 43.2 Å². The zero-order valence-electron chi connectivity index (χ0n) is 15.0. The minimum absolute atomic E-state index is 0.0248. The first kappa shape index (κ1) is 17.9. The summed E-state index contributed by atoms with van der Waals surface area (Å²) in [4.78, 5) is 29.5. The fourth-order valence-corrected chi connectivity index (χ4v) is 4.39. The molecule has 136 valence electrons. The number of aryl methyl sites for hydroxylation is 2. The molecule has 2 aliphatic heterocycles. The van der Waals surface area contributed by atoms with Gasteiger partial charge in [-0.25, -0.2) is 0 Å². The van der Waals surface area contributed by atoms with Crippen molar-refractivity contribution < 1.29 is 14.7 Å². The van der Waals surface area contributed by atoms with Crippen LogP contribution in [0.3, 0.4) is 0 Å². The maximum atomic E-state index is 13.0. The van der Waals surface area contributed by atoms with Crippen LogP contribution < -0.4 is 0 Å². The predicted octanol–water partition coefficient (Wildman–Crippen LogP) is 1.90. The van der Waals surface area contributed by atoms with Crippen LogP contribution in [0, 0.1) is 6.92 Å². The molecule has 0 aromatic heterocycles. The van der Waals surface area contributed by atoms with Gasteiger partial charge < -0.3 is 14.9 Å². The standard InChI is InChI=1S/C20H28N2O3/c1-16-6-2-3-7-17(16)8-9-18(24)22-13-5-11-20(22)10-4-12-21(14-15-23)19(20)25/h2-3,6-7,23H,4-5,8-15H2,1H3. The Kier molecular flexibility index (Phi) is 5.42. The van der Waals surface area contributed by atoms with Gasteiger partial charge >= 0.3 is 0 Å². The van der Waals surface area contributed by atoms with E-state index in [1.807, 2.05) is 17.0 Å². The third kappa shape index (κ3) is 3.43. The molecule has 2 fully saturated rings. The van der Waals surface area contributed by atoms with Crippen LogP contribution in [0.2, 0.25) is 0 Å². The van der Waals surface area contributed by atoms with Crippen LogP contribution in [0.15, 0.2) is 24.3 Å². The van der Waals surface area contributed by atoms with Crippen molar-refractivity contribution in [3.63, 3.8) is 0 Å². The Bertz CT molecular complexity index is 644. The third-order valence-electron chi connectivity index (χ3n) is 5.73. The van der Waals surface area contributed by atoms with E-state index < -0.39 is 5.54 Å². The second-order valence-corrected chi connectivity index (χ2v) is 7.23. The molecule has 1 aromatic rings. The van der Waals surface area contributed by atoms with Crippen molar-refractivity contribution >= 4 is 11.8 Å². The normalized spacial score (nSPS) is 23.5. The molecular formula is C20H28N2O3. The summed E-state index contributed by atoms with van der Waals surface area (Å²) in [6, 6.07) is 8.14. The maximum Gasteiger partial charge on any atom is 0.248 e. The Morgan fingerprint density at radius 2 is 1.92 bits per heavy atom. The lowest BCUT2D eigenvalue weighted by atomic mass is 9.85. The number of amides is 2. The summed E-state index contributed by atoms with van der Waals surface area (Å²) in [5, 5.41) is 9.20. The second kappa shape index (κ2) is 7.56. The summed E-state index contributed by atoms with van der Waals surface area (Å²) in [7, 11) is 0. The molecule has 1 N–H and O–H groups in total. The zero-order valence-corrected chi connectivity index (χ0v) is 15.0. The van der Waals surface area contributed by atoms with E-state index in [0.717, 1.165) is 25.7 Å². The molecule has 2 aliphatic rings. The molecule has 1 spiro atoms. The minimum atomic E-state index is -0.657. The van der Waals surface area contributed by atoms with Crippen LogP contribution in [-0.2, 0) is 16.0 Å². The molecule has 5 heteroatoms. The van der Waals surface area contributed by atoms with Crippen LogP contribution >= 0.6 is 0 Å². The molecule has 2 amide bonds. The topological polar surface area (TPSA) is 60.9 Å². The molecule has 1 unspecified atom stereocenters. The van der Waals surface area contributed by atoms with Gasteiger partial charge in [0.15, 0.2) is 0 Å². The van der Waals surface area contributed by atoms with E-state index in [2.05, 4.69) is 19.1 Å². The Morgan fingerprint density at radius 3 is 2.64 bits per heavy atom. The van der Waals surface area contributed by atoms with Crippen molar-refractivity contribution in [3.05, 3.63) is 35.4 Å². The van der Waals surface area contributed by atoms with E-state index >= 15 is 0 Å². The third-order valence-corrected chi connectivity index (χ3v) is 5.73. The monoisotopic (exact) mass is 344 g/mol. The first-order chi connectivity index (χ1) is 12.1. The summed E-state index contributed by atoms with van der Waals surface area (Å²) in [6.45, 7) is 3.77. The maximum absolute atomic E-state index is 13.0. The van der Waals surface area contributed by atoms with Crippen LogP contribution in [0.5, 0.6) is 0 Å². The second-order valence-electron chi connectivity index (χ2n) is 7.23. The molecule has 2 saturated heterocycles. The number of carbonyl (C=O) groups is 2. The van der Waals surface area contributed by atoms with Gasteiger partial charge in [-0.1, -0.05) is 24.3 Å². The highest BCUT2D eigenvalue weighted by atomic mass is 16.3. The number of piperidine rings is 1. The fourth-order valence-electron chi connectivity index (χ4n) is 4.39. The van der Waals surface area contributed by atoms with Crippen LogP contribution in [0.25, 0.3) is 0 Å². The zero-order chi connectivity index (χ0) is 17.9. The number of rotatable bonds is 5. The van der Waals surface area contributed by atoms with E-state index in [1.54, 1.807) is 4.90 Å². The summed E-state index contributed by atoms with van der Waals surface area (Å²) >= 11 is 0. The highest BCUT2D eigenvalue weighted by Gasteiger charge is 2.52. The van der Waals surface area contributed by atoms with Gasteiger partial charge in [-0.05, 0) is 50.2 Å². The average Bonchev–Trinajstić information content (AvgIpc) is 3.03. The molecule has 0 aliphatic carbocycles. The molecular weight excluding hydrogens is 316 g/mol. The summed E-state index contributed by atoms with van der Waals surface area (Å²) < 4.78 is 0. The molecule has 5 nitrogen and oxygen atoms in total. The molecule has 3 rings (SSSR count). The first-order valence-corrected chi connectivity index (χ1v) is 9.34. The van der Waals surface area contributed by atoms with Gasteiger partial charge in [0, 0.05) is 26.1 Å². The number of carbonyl (C=O) groups excluding carboxylic acids is 2. The highest BCUT2D eigenvalue weighted by molar-refractivity contribution is 5.92. The molecule has 1 aromatic carbocycles. The molecule has 25 heavy (non-hydrogen) atoms. The van der Waals surface area contributed by atoms with Gasteiger partial charge in [-0.3, -0.25) is 9.59 Å². The Labute approximate surface area is 149 Å². The number of hydrogen-bond acceptors (Lipinski definition) is 3. The van der Waals surface area contributed by atoms with E-state index in [4.69, 9.17) is 0 Å². The number of β-amino-alcohol motifs (C(OH)–C–C–N with tert-alkyl or cyclic N) is 1. The lowest BCUT2D eigenvalue weighted by Gasteiger charge is -2.44. The number of likely N-dealkylation sites (tertiary alicyclic amines) is 2. The lowest BCUT2D eigenvalue weighted by Crippen LogP contribution is -2.61. The first-order valence-electron chi connectivity index (χ1n) is 9.34. The SMILES string of the molecule is Cc1ccccc1CCC(=O)N1CCCC12CCCN(CCO)C2=O. The van der Waals surface area contributed by atoms with E-state index in [-0.39, 0.29) is 18.4 Å². The number of aliphatic hydroxyl groups is 1. The molecule has 0 bridgehead atoms. The van der Waals surface area contributed by atoms with Gasteiger partial charge in [-0.2, -0.15) is 0 Å². The molecule has 0 saturated carbocycles. The van der Waals surface area contributed by atoms with E-state index in [1.165, 1.54) is 11.1 Å². The highest BCUT2D eigenvalue weighted by Crippen LogP contribution is 2.38. The van der Waals surface area contributed by atoms with Crippen molar-refractivity contribution in [1.82, 2.24) is 9.80 Å². The Balaban J connectivity index is 1.71. The van der Waals surface area contributed by atoms with Crippen LogP contribution in [0.4, 0.5) is 0 Å². The number of aliphatic hydroxyl groups excluding tert-OH is 1. The summed E-state index contributed by atoms with van der Waals surface area (Å²) in [6.07, 6.45) is 4.45. The summed E-state index contributed by atoms with van der Waals surface area (Å²) in [5.74, 6) is 0.120.